The van der Waals surface area contributed by atoms with Crippen molar-refractivity contribution >= 4 is 0 Å². The standard InChI is InChI=1S/C16H33N5/c1-8-20(9-2)16(5,6)14(17-7)10-15-18-12-19-21(15)11-13(3)4/h12-14,17H,8-11H2,1-7H3. The summed E-state index contributed by atoms with van der Waals surface area (Å²) in [5, 5.41) is 7.86. The van der Waals surface area contributed by atoms with Crippen LogP contribution in [0.15, 0.2) is 6.33 Å². The first-order valence-electron chi connectivity index (χ1n) is 8.15. The number of nitrogens with zero attached hydrogens (tertiary/aromatic N) is 4. The van der Waals surface area contributed by atoms with Crippen molar-refractivity contribution in [3.05, 3.63) is 12.2 Å². The molecule has 0 saturated heterocycles. The number of hydrogen-bond acceptors (Lipinski definition) is 4. The summed E-state index contributed by atoms with van der Waals surface area (Å²) in [4.78, 5) is 6.97. The molecule has 1 aromatic rings. The topological polar surface area (TPSA) is 46.0 Å². The molecule has 21 heavy (non-hydrogen) atoms. The van der Waals surface area contributed by atoms with Gasteiger partial charge in [-0.05, 0) is 39.9 Å². The molecular formula is C16H33N5. The molecule has 1 N–H and O–H groups in total. The molecule has 0 saturated carbocycles. The van der Waals surface area contributed by atoms with Gasteiger partial charge in [0.1, 0.15) is 12.2 Å². The van der Waals surface area contributed by atoms with E-state index in [9.17, 15) is 0 Å². The molecule has 0 aromatic carbocycles. The molecule has 1 heterocycles. The zero-order chi connectivity index (χ0) is 16.0. The van der Waals surface area contributed by atoms with E-state index in [-0.39, 0.29) is 5.54 Å². The molecule has 0 aliphatic carbocycles. The van der Waals surface area contributed by atoms with E-state index < -0.39 is 0 Å². The Balaban J connectivity index is 2.89. The zero-order valence-corrected chi connectivity index (χ0v) is 14.8. The number of hydrogen-bond donors (Lipinski definition) is 1. The molecule has 1 rings (SSSR count). The largest absolute Gasteiger partial charge is 0.315 e. The van der Waals surface area contributed by atoms with Crippen LogP contribution in [0.2, 0.25) is 0 Å². The van der Waals surface area contributed by atoms with Crippen molar-refractivity contribution in [2.45, 2.75) is 66.1 Å². The van der Waals surface area contributed by atoms with Crippen molar-refractivity contribution in [3.8, 4) is 0 Å². The lowest BCUT2D eigenvalue weighted by Gasteiger charge is -2.43. The van der Waals surface area contributed by atoms with Crippen molar-refractivity contribution < 1.29 is 0 Å². The number of nitrogens with one attached hydrogen (secondary N) is 1. The van der Waals surface area contributed by atoms with Crippen LogP contribution in [0.4, 0.5) is 0 Å². The maximum atomic E-state index is 4.47. The van der Waals surface area contributed by atoms with Crippen LogP contribution in [-0.4, -0.2) is 51.4 Å². The highest BCUT2D eigenvalue weighted by atomic mass is 15.3. The molecule has 5 heteroatoms. The Hall–Kier alpha value is -0.940. The molecular weight excluding hydrogens is 262 g/mol. The lowest BCUT2D eigenvalue weighted by atomic mass is 9.89. The summed E-state index contributed by atoms with van der Waals surface area (Å²) in [6, 6.07) is 0.340. The highest BCUT2D eigenvalue weighted by Gasteiger charge is 2.34. The average Bonchev–Trinajstić information content (AvgIpc) is 2.83. The number of aromatic nitrogens is 3. The Morgan fingerprint density at radius 2 is 1.90 bits per heavy atom. The van der Waals surface area contributed by atoms with Gasteiger partial charge in [-0.1, -0.05) is 27.7 Å². The second-order valence-electron chi connectivity index (χ2n) is 6.62. The van der Waals surface area contributed by atoms with Gasteiger partial charge in [0, 0.05) is 24.5 Å². The minimum atomic E-state index is 0.0763. The summed E-state index contributed by atoms with van der Waals surface area (Å²) in [6.45, 7) is 16.5. The maximum absolute atomic E-state index is 4.47. The first-order valence-corrected chi connectivity index (χ1v) is 8.15. The van der Waals surface area contributed by atoms with E-state index in [0.717, 1.165) is 31.9 Å². The molecule has 1 aromatic heterocycles. The molecule has 0 aliphatic rings. The van der Waals surface area contributed by atoms with E-state index in [0.29, 0.717) is 12.0 Å². The van der Waals surface area contributed by atoms with E-state index in [2.05, 4.69) is 61.8 Å². The monoisotopic (exact) mass is 295 g/mol. The molecule has 122 valence electrons. The van der Waals surface area contributed by atoms with Crippen molar-refractivity contribution in [3.63, 3.8) is 0 Å². The molecule has 0 bridgehead atoms. The predicted molar refractivity (Wildman–Crippen MR) is 88.4 cm³/mol. The van der Waals surface area contributed by atoms with Gasteiger partial charge >= 0.3 is 0 Å². The number of rotatable bonds is 9. The SMILES string of the molecule is CCN(CC)C(C)(C)C(Cc1ncnn1CC(C)C)NC. The average molecular weight is 295 g/mol. The number of likely N-dealkylation sites (N-methyl/N-ethyl adjacent to an activating group) is 2. The maximum Gasteiger partial charge on any atom is 0.138 e. The van der Waals surface area contributed by atoms with Gasteiger partial charge in [-0.15, -0.1) is 0 Å². The second kappa shape index (κ2) is 7.90. The Labute approximate surface area is 130 Å². The van der Waals surface area contributed by atoms with Crippen LogP contribution in [0.1, 0.15) is 47.4 Å². The predicted octanol–water partition coefficient (Wildman–Crippen LogP) is 2.18. The van der Waals surface area contributed by atoms with Crippen LogP contribution in [0, 0.1) is 5.92 Å². The van der Waals surface area contributed by atoms with Crippen LogP contribution in [0.5, 0.6) is 0 Å². The fraction of sp³-hybridized carbons (Fsp3) is 0.875. The minimum absolute atomic E-state index is 0.0763. The Morgan fingerprint density at radius 1 is 1.29 bits per heavy atom. The third kappa shape index (κ3) is 4.51. The zero-order valence-electron chi connectivity index (χ0n) is 14.8. The summed E-state index contributed by atoms with van der Waals surface area (Å²) in [5.41, 5.74) is 0.0763. The van der Waals surface area contributed by atoms with E-state index in [1.807, 2.05) is 11.7 Å². The first kappa shape index (κ1) is 18.1. The van der Waals surface area contributed by atoms with E-state index >= 15 is 0 Å². The lowest BCUT2D eigenvalue weighted by Crippen LogP contribution is -2.58. The van der Waals surface area contributed by atoms with Crippen LogP contribution >= 0.6 is 0 Å². The normalized spacial score (nSPS) is 14.1. The summed E-state index contributed by atoms with van der Waals surface area (Å²) >= 11 is 0. The van der Waals surface area contributed by atoms with E-state index in [1.165, 1.54) is 0 Å². The van der Waals surface area contributed by atoms with Crippen molar-refractivity contribution in [2.75, 3.05) is 20.1 Å². The molecule has 0 spiro atoms. The summed E-state index contributed by atoms with van der Waals surface area (Å²) < 4.78 is 2.05. The minimum Gasteiger partial charge on any atom is -0.315 e. The van der Waals surface area contributed by atoms with Crippen molar-refractivity contribution in [1.29, 1.82) is 0 Å². The molecule has 1 atom stereocenters. The fourth-order valence-electron chi connectivity index (χ4n) is 3.09. The lowest BCUT2D eigenvalue weighted by molar-refractivity contribution is 0.0930. The third-order valence-electron chi connectivity index (χ3n) is 4.40. The first-order chi connectivity index (χ1) is 9.86. The van der Waals surface area contributed by atoms with Gasteiger partial charge in [0.2, 0.25) is 0 Å². The van der Waals surface area contributed by atoms with Gasteiger partial charge in [0.05, 0.1) is 0 Å². The van der Waals surface area contributed by atoms with Crippen LogP contribution in [-0.2, 0) is 13.0 Å². The van der Waals surface area contributed by atoms with Gasteiger partial charge in [-0.2, -0.15) is 5.10 Å². The van der Waals surface area contributed by atoms with Gasteiger partial charge in [-0.25, -0.2) is 9.67 Å². The molecule has 1 unspecified atom stereocenters. The fourth-order valence-corrected chi connectivity index (χ4v) is 3.09. The Morgan fingerprint density at radius 3 is 2.38 bits per heavy atom. The summed E-state index contributed by atoms with van der Waals surface area (Å²) in [5.74, 6) is 1.65. The molecule has 0 aliphatic heterocycles. The second-order valence-corrected chi connectivity index (χ2v) is 6.62. The van der Waals surface area contributed by atoms with Crippen molar-refractivity contribution in [2.24, 2.45) is 5.92 Å². The molecule has 5 nitrogen and oxygen atoms in total. The smallest absolute Gasteiger partial charge is 0.138 e. The van der Waals surface area contributed by atoms with Crippen molar-refractivity contribution in [1.82, 2.24) is 25.0 Å². The van der Waals surface area contributed by atoms with E-state index in [1.54, 1.807) is 6.33 Å². The Kier molecular flexibility index (Phi) is 6.81. The van der Waals surface area contributed by atoms with Crippen LogP contribution in [0.3, 0.4) is 0 Å². The third-order valence-corrected chi connectivity index (χ3v) is 4.40. The highest BCUT2D eigenvalue weighted by molar-refractivity contribution is 5.00. The Bertz CT molecular complexity index is 407. The molecule has 0 fully saturated rings. The van der Waals surface area contributed by atoms with Gasteiger partial charge in [-0.3, -0.25) is 4.90 Å². The summed E-state index contributed by atoms with van der Waals surface area (Å²) in [7, 11) is 2.04. The highest BCUT2D eigenvalue weighted by Crippen LogP contribution is 2.21. The van der Waals surface area contributed by atoms with Crippen LogP contribution in [0.25, 0.3) is 0 Å². The van der Waals surface area contributed by atoms with Gasteiger partial charge < -0.3 is 5.32 Å². The van der Waals surface area contributed by atoms with Crippen LogP contribution < -0.4 is 5.32 Å². The quantitative estimate of drug-likeness (QED) is 0.758. The van der Waals surface area contributed by atoms with Gasteiger partial charge in [0.15, 0.2) is 0 Å². The van der Waals surface area contributed by atoms with Gasteiger partial charge in [0.25, 0.3) is 0 Å². The summed E-state index contributed by atoms with van der Waals surface area (Å²) in [6.07, 6.45) is 2.57. The molecule has 0 amide bonds. The van der Waals surface area contributed by atoms with E-state index in [4.69, 9.17) is 0 Å². The molecule has 0 radical (unpaired) electrons.